The molecule has 4 aromatic rings. The van der Waals surface area contributed by atoms with E-state index in [-0.39, 0.29) is 30.9 Å². The Hall–Kier alpha value is -4.05. The molecule has 35 heavy (non-hydrogen) atoms. The number of amides is 1. The van der Waals surface area contributed by atoms with Gasteiger partial charge in [0.15, 0.2) is 5.82 Å². The van der Waals surface area contributed by atoms with Crippen LogP contribution in [0.5, 0.6) is 0 Å². The molecule has 9 nitrogen and oxygen atoms in total. The highest BCUT2D eigenvalue weighted by Crippen LogP contribution is 2.32. The topological polar surface area (TPSA) is 122 Å². The van der Waals surface area contributed by atoms with Gasteiger partial charge in [0.25, 0.3) is 0 Å². The molecular formula is C25H26FN7O2. The minimum atomic E-state index is -0.373. The standard InChI is InChI=1S/C25H26FN7O2/c1-14(13-34)32-4-3-18-8-24(31-33(18)12-25(32)35)30-23-7-16-5-19(21(26)6-17(16)9-29-23)20-10-28-11-22(27)15(20)2/h5-11,14,34H,3-4,12-13,27H2,1-2H3,(H,29,30,31)/t14-/m1/s1. The molecule has 0 aliphatic carbocycles. The van der Waals surface area contributed by atoms with Gasteiger partial charge in [-0.2, -0.15) is 5.10 Å². The first-order valence-electron chi connectivity index (χ1n) is 11.4. The number of nitrogen functional groups attached to an aromatic ring is 1. The Morgan fingerprint density at radius 1 is 1.14 bits per heavy atom. The highest BCUT2D eigenvalue weighted by Gasteiger charge is 2.25. The van der Waals surface area contributed by atoms with E-state index in [1.165, 1.54) is 6.07 Å². The average Bonchev–Trinajstić information content (AvgIpc) is 3.13. The van der Waals surface area contributed by atoms with Gasteiger partial charge in [0.1, 0.15) is 18.2 Å². The van der Waals surface area contributed by atoms with Gasteiger partial charge in [-0.1, -0.05) is 0 Å². The highest BCUT2D eigenvalue weighted by molar-refractivity contribution is 5.90. The summed E-state index contributed by atoms with van der Waals surface area (Å²) in [5.41, 5.74) is 9.23. The molecule has 4 N–H and O–H groups in total. The predicted octanol–water partition coefficient (Wildman–Crippen LogP) is 3.03. The summed E-state index contributed by atoms with van der Waals surface area (Å²) in [4.78, 5) is 22.8. The molecule has 1 amide bonds. The van der Waals surface area contributed by atoms with Gasteiger partial charge in [0, 0.05) is 53.6 Å². The number of rotatable bonds is 5. The second-order valence-corrected chi connectivity index (χ2v) is 8.82. The molecule has 4 heterocycles. The third-order valence-corrected chi connectivity index (χ3v) is 6.48. The molecule has 1 aliphatic heterocycles. The number of hydrogen-bond donors (Lipinski definition) is 3. The Labute approximate surface area is 201 Å². The maximum atomic E-state index is 14.9. The second-order valence-electron chi connectivity index (χ2n) is 8.82. The minimum Gasteiger partial charge on any atom is -0.397 e. The number of halogens is 1. The van der Waals surface area contributed by atoms with Crippen molar-refractivity contribution < 1.29 is 14.3 Å². The number of nitrogens with two attached hydrogens (primary N) is 1. The molecule has 1 atom stereocenters. The van der Waals surface area contributed by atoms with E-state index < -0.39 is 0 Å². The van der Waals surface area contributed by atoms with Crippen LogP contribution in [0, 0.1) is 12.7 Å². The van der Waals surface area contributed by atoms with E-state index >= 15 is 0 Å². The molecule has 0 radical (unpaired) electrons. The van der Waals surface area contributed by atoms with E-state index in [1.807, 2.05) is 26.0 Å². The fourth-order valence-electron chi connectivity index (χ4n) is 4.38. The first-order chi connectivity index (χ1) is 16.8. The Balaban J connectivity index is 1.42. The second kappa shape index (κ2) is 8.95. The molecule has 1 aromatic carbocycles. The third-order valence-electron chi connectivity index (χ3n) is 6.48. The molecule has 10 heteroatoms. The van der Waals surface area contributed by atoms with Gasteiger partial charge < -0.3 is 21.1 Å². The van der Waals surface area contributed by atoms with Crippen LogP contribution in [0.25, 0.3) is 21.9 Å². The van der Waals surface area contributed by atoms with Gasteiger partial charge in [-0.25, -0.2) is 9.37 Å². The Morgan fingerprint density at radius 3 is 2.77 bits per heavy atom. The molecule has 5 rings (SSSR count). The number of hydrogen-bond acceptors (Lipinski definition) is 7. The minimum absolute atomic E-state index is 0.0755. The highest BCUT2D eigenvalue weighted by atomic mass is 19.1. The van der Waals surface area contributed by atoms with E-state index in [0.717, 1.165) is 16.6 Å². The predicted molar refractivity (Wildman–Crippen MR) is 132 cm³/mol. The van der Waals surface area contributed by atoms with Gasteiger partial charge in [0.05, 0.1) is 24.5 Å². The monoisotopic (exact) mass is 475 g/mol. The first-order valence-corrected chi connectivity index (χ1v) is 11.4. The van der Waals surface area contributed by atoms with E-state index in [2.05, 4.69) is 20.4 Å². The van der Waals surface area contributed by atoms with Crippen molar-refractivity contribution in [2.75, 3.05) is 24.2 Å². The van der Waals surface area contributed by atoms with Gasteiger partial charge in [0.2, 0.25) is 5.91 Å². The van der Waals surface area contributed by atoms with Crippen molar-refractivity contribution in [3.05, 3.63) is 59.9 Å². The van der Waals surface area contributed by atoms with Gasteiger partial charge >= 0.3 is 0 Å². The number of anilines is 3. The zero-order chi connectivity index (χ0) is 24.7. The molecule has 180 valence electrons. The lowest BCUT2D eigenvalue weighted by Crippen LogP contribution is -2.42. The quantitative estimate of drug-likeness (QED) is 0.406. The SMILES string of the molecule is Cc1c(N)cncc1-c1cc2cc(Nc3cc4n(n3)CC(=O)N([C@H](C)CO)CC4)ncc2cc1F. The lowest BCUT2D eigenvalue weighted by molar-refractivity contribution is -0.134. The zero-order valence-corrected chi connectivity index (χ0v) is 19.5. The maximum absolute atomic E-state index is 14.9. The number of nitrogens with one attached hydrogen (secondary N) is 1. The summed E-state index contributed by atoms with van der Waals surface area (Å²) in [6.45, 7) is 4.22. The molecule has 1 aliphatic rings. The number of fused-ring (bicyclic) bond motifs is 2. The van der Waals surface area contributed by atoms with Crippen LogP contribution in [0.15, 0.2) is 42.9 Å². The third kappa shape index (κ3) is 4.28. The zero-order valence-electron chi connectivity index (χ0n) is 19.5. The maximum Gasteiger partial charge on any atom is 0.244 e. The fraction of sp³-hybridized carbons (Fsp3) is 0.280. The summed E-state index contributed by atoms with van der Waals surface area (Å²) in [6, 6.07) is 6.71. The van der Waals surface area contributed by atoms with Crippen molar-refractivity contribution in [3.63, 3.8) is 0 Å². The van der Waals surface area contributed by atoms with Crippen molar-refractivity contribution >= 4 is 34.0 Å². The largest absolute Gasteiger partial charge is 0.397 e. The molecular weight excluding hydrogens is 449 g/mol. The van der Waals surface area contributed by atoms with Crippen molar-refractivity contribution in [2.45, 2.75) is 32.9 Å². The molecule has 0 saturated heterocycles. The van der Waals surface area contributed by atoms with Crippen LogP contribution in [-0.4, -0.2) is 54.9 Å². The summed E-state index contributed by atoms with van der Waals surface area (Å²) >= 11 is 0. The molecule has 3 aromatic heterocycles. The number of aromatic nitrogens is 4. The normalized spacial score (nSPS) is 14.6. The van der Waals surface area contributed by atoms with Crippen molar-refractivity contribution in [1.29, 1.82) is 0 Å². The van der Waals surface area contributed by atoms with Crippen LogP contribution < -0.4 is 11.1 Å². The molecule has 0 spiro atoms. The molecule has 0 bridgehead atoms. The van der Waals surface area contributed by atoms with Gasteiger partial charge in [-0.3, -0.25) is 14.5 Å². The van der Waals surface area contributed by atoms with Crippen LogP contribution >= 0.6 is 0 Å². The van der Waals surface area contributed by atoms with E-state index in [1.54, 1.807) is 34.2 Å². The number of nitrogens with zero attached hydrogens (tertiary/aromatic N) is 5. The number of aliphatic hydroxyl groups is 1. The van der Waals surface area contributed by atoms with Gasteiger partial charge in [-0.15, -0.1) is 0 Å². The summed E-state index contributed by atoms with van der Waals surface area (Å²) in [5, 5.41) is 18.6. The number of carbonyl (C=O) groups excluding carboxylic acids is 1. The van der Waals surface area contributed by atoms with Crippen molar-refractivity contribution in [2.24, 2.45) is 0 Å². The van der Waals surface area contributed by atoms with Crippen LogP contribution in [0.4, 0.5) is 21.7 Å². The summed E-state index contributed by atoms with van der Waals surface area (Å²) in [6.07, 6.45) is 5.40. The Bertz CT molecular complexity index is 1440. The molecule has 0 fully saturated rings. The molecule has 0 saturated carbocycles. The van der Waals surface area contributed by atoms with Crippen LogP contribution in [0.3, 0.4) is 0 Å². The summed E-state index contributed by atoms with van der Waals surface area (Å²) < 4.78 is 16.6. The lowest BCUT2D eigenvalue weighted by Gasteiger charge is -2.25. The summed E-state index contributed by atoms with van der Waals surface area (Å²) in [5.74, 6) is 0.668. The van der Waals surface area contributed by atoms with Crippen LogP contribution in [-0.2, 0) is 17.8 Å². The fourth-order valence-corrected chi connectivity index (χ4v) is 4.38. The van der Waals surface area contributed by atoms with E-state index in [4.69, 9.17) is 5.73 Å². The van der Waals surface area contributed by atoms with E-state index in [0.29, 0.717) is 46.8 Å². The van der Waals surface area contributed by atoms with Crippen molar-refractivity contribution in [3.8, 4) is 11.1 Å². The number of pyridine rings is 2. The Morgan fingerprint density at radius 2 is 1.97 bits per heavy atom. The summed E-state index contributed by atoms with van der Waals surface area (Å²) in [7, 11) is 0. The van der Waals surface area contributed by atoms with Crippen LogP contribution in [0.2, 0.25) is 0 Å². The average molecular weight is 476 g/mol. The number of carbonyl (C=O) groups is 1. The lowest BCUT2D eigenvalue weighted by atomic mass is 9.99. The van der Waals surface area contributed by atoms with Crippen molar-refractivity contribution in [1.82, 2.24) is 24.6 Å². The smallest absolute Gasteiger partial charge is 0.244 e. The number of benzene rings is 1. The van der Waals surface area contributed by atoms with Gasteiger partial charge in [-0.05, 0) is 43.0 Å². The Kier molecular flexibility index (Phi) is 5.81. The van der Waals surface area contributed by atoms with E-state index in [9.17, 15) is 14.3 Å². The first kappa shape index (κ1) is 22.7. The number of aliphatic hydroxyl groups excluding tert-OH is 1. The molecule has 0 unspecified atom stereocenters. The van der Waals surface area contributed by atoms with Crippen LogP contribution in [0.1, 0.15) is 18.2 Å².